The first-order valence-electron chi connectivity index (χ1n) is 8.19. The predicted molar refractivity (Wildman–Crippen MR) is 90.4 cm³/mol. The van der Waals surface area contributed by atoms with Crippen molar-refractivity contribution in [2.24, 2.45) is 0 Å². The summed E-state index contributed by atoms with van der Waals surface area (Å²) in [6.07, 6.45) is -0.845. The van der Waals surface area contributed by atoms with Crippen LogP contribution in [0.5, 0.6) is 17.2 Å². The molecule has 26 heavy (non-hydrogen) atoms. The van der Waals surface area contributed by atoms with Gasteiger partial charge in [-0.25, -0.2) is 8.78 Å². The van der Waals surface area contributed by atoms with Crippen LogP contribution in [-0.4, -0.2) is 37.2 Å². The van der Waals surface area contributed by atoms with Crippen molar-refractivity contribution in [1.29, 1.82) is 0 Å². The fraction of sp³-hybridized carbons (Fsp3) is 0.316. The predicted octanol–water partition coefficient (Wildman–Crippen LogP) is 3.16. The van der Waals surface area contributed by atoms with Gasteiger partial charge in [0.1, 0.15) is 19.0 Å². The molecule has 0 radical (unpaired) electrons. The normalized spacial score (nSPS) is 13.8. The lowest BCUT2D eigenvalue weighted by Gasteiger charge is -2.23. The Hall–Kier alpha value is -2.83. The van der Waals surface area contributed by atoms with Crippen LogP contribution in [0.25, 0.3) is 0 Å². The number of ether oxygens (including phenoxy) is 3. The second kappa shape index (κ2) is 7.59. The van der Waals surface area contributed by atoms with Crippen LogP contribution in [0.15, 0.2) is 36.4 Å². The zero-order chi connectivity index (χ0) is 18.7. The van der Waals surface area contributed by atoms with Gasteiger partial charge in [-0.15, -0.1) is 0 Å². The zero-order valence-corrected chi connectivity index (χ0v) is 14.5. The van der Waals surface area contributed by atoms with E-state index in [9.17, 15) is 13.6 Å². The Kier molecular flexibility index (Phi) is 5.25. The van der Waals surface area contributed by atoms with Gasteiger partial charge < -0.3 is 19.1 Å². The van der Waals surface area contributed by atoms with Gasteiger partial charge in [-0.3, -0.25) is 4.79 Å². The zero-order valence-electron chi connectivity index (χ0n) is 14.5. The highest BCUT2D eigenvalue weighted by molar-refractivity contribution is 5.80. The van der Waals surface area contributed by atoms with Crippen molar-refractivity contribution in [1.82, 2.24) is 4.90 Å². The quantitative estimate of drug-likeness (QED) is 0.819. The van der Waals surface area contributed by atoms with Gasteiger partial charge in [0, 0.05) is 19.7 Å². The van der Waals surface area contributed by atoms with Gasteiger partial charge in [0.15, 0.2) is 29.2 Å². The lowest BCUT2D eigenvalue weighted by molar-refractivity contribution is -0.137. The fourth-order valence-electron chi connectivity index (χ4n) is 2.65. The van der Waals surface area contributed by atoms with Crippen LogP contribution in [0.3, 0.4) is 0 Å². The highest BCUT2D eigenvalue weighted by Crippen LogP contribution is 2.31. The molecule has 138 valence electrons. The first-order chi connectivity index (χ1) is 12.4. The number of likely N-dealkylation sites (N-methyl/N-ethyl adjacent to an activating group) is 1. The second-order valence-electron chi connectivity index (χ2n) is 6.01. The minimum atomic E-state index is -1.02. The lowest BCUT2D eigenvalue weighted by Crippen LogP contribution is -2.37. The third kappa shape index (κ3) is 4.04. The van der Waals surface area contributed by atoms with Crippen molar-refractivity contribution >= 4 is 5.91 Å². The molecular weight excluding hydrogens is 344 g/mol. The molecule has 1 unspecified atom stereocenters. The molecule has 2 aromatic carbocycles. The van der Waals surface area contributed by atoms with E-state index >= 15 is 0 Å². The summed E-state index contributed by atoms with van der Waals surface area (Å²) in [5.41, 5.74) is 0.880. The van der Waals surface area contributed by atoms with Crippen LogP contribution in [-0.2, 0) is 11.3 Å². The largest absolute Gasteiger partial charge is 0.486 e. The molecule has 2 aromatic rings. The number of amides is 1. The molecule has 1 heterocycles. The fourth-order valence-corrected chi connectivity index (χ4v) is 2.65. The van der Waals surface area contributed by atoms with Crippen molar-refractivity contribution in [3.8, 4) is 17.2 Å². The molecule has 0 fully saturated rings. The maximum absolute atomic E-state index is 13.2. The number of hydrogen-bond acceptors (Lipinski definition) is 4. The molecule has 0 saturated heterocycles. The number of fused-ring (bicyclic) bond motifs is 1. The monoisotopic (exact) mass is 363 g/mol. The molecule has 0 N–H and O–H groups in total. The standard InChI is InChI=1S/C19H19F2NO4/c1-12(26-14-4-5-15(20)16(21)10-14)19(23)22(2)11-13-3-6-17-18(9-13)25-8-7-24-17/h3-6,9-10,12H,7-8,11H2,1-2H3. The summed E-state index contributed by atoms with van der Waals surface area (Å²) in [4.78, 5) is 14.0. The number of nitrogens with zero attached hydrogens (tertiary/aromatic N) is 1. The Morgan fingerprint density at radius 2 is 1.85 bits per heavy atom. The molecule has 0 aromatic heterocycles. The molecule has 0 spiro atoms. The van der Waals surface area contributed by atoms with Crippen molar-refractivity contribution < 1.29 is 27.8 Å². The van der Waals surface area contributed by atoms with E-state index < -0.39 is 17.7 Å². The van der Waals surface area contributed by atoms with Crippen LogP contribution in [0.4, 0.5) is 8.78 Å². The summed E-state index contributed by atoms with van der Waals surface area (Å²) in [5.74, 6) is -0.842. The number of carbonyl (C=O) groups is 1. The van der Waals surface area contributed by atoms with Gasteiger partial charge in [-0.05, 0) is 36.8 Å². The van der Waals surface area contributed by atoms with E-state index in [0.717, 1.165) is 17.7 Å². The Morgan fingerprint density at radius 1 is 1.12 bits per heavy atom. The van der Waals surface area contributed by atoms with E-state index in [0.29, 0.717) is 31.3 Å². The summed E-state index contributed by atoms with van der Waals surface area (Å²) in [5, 5.41) is 0. The van der Waals surface area contributed by atoms with Gasteiger partial charge in [0.05, 0.1) is 0 Å². The highest BCUT2D eigenvalue weighted by Gasteiger charge is 2.21. The Labute approximate surface area is 150 Å². The average Bonchev–Trinajstić information content (AvgIpc) is 2.64. The number of rotatable bonds is 5. The molecule has 3 rings (SSSR count). The van der Waals surface area contributed by atoms with E-state index in [-0.39, 0.29) is 11.7 Å². The third-order valence-corrected chi connectivity index (χ3v) is 3.95. The molecular formula is C19H19F2NO4. The smallest absolute Gasteiger partial charge is 0.263 e. The van der Waals surface area contributed by atoms with Crippen LogP contribution in [0, 0.1) is 11.6 Å². The maximum atomic E-state index is 13.2. The van der Waals surface area contributed by atoms with E-state index in [2.05, 4.69) is 0 Å². The van der Waals surface area contributed by atoms with Crippen molar-refractivity contribution in [2.75, 3.05) is 20.3 Å². The van der Waals surface area contributed by atoms with Crippen LogP contribution < -0.4 is 14.2 Å². The van der Waals surface area contributed by atoms with Gasteiger partial charge >= 0.3 is 0 Å². The molecule has 1 amide bonds. The van der Waals surface area contributed by atoms with Crippen LogP contribution in [0.1, 0.15) is 12.5 Å². The van der Waals surface area contributed by atoms with Gasteiger partial charge in [0.25, 0.3) is 5.91 Å². The van der Waals surface area contributed by atoms with Gasteiger partial charge in [-0.2, -0.15) is 0 Å². The number of halogens is 2. The van der Waals surface area contributed by atoms with Crippen molar-refractivity contribution in [3.63, 3.8) is 0 Å². The molecule has 0 aliphatic carbocycles. The van der Waals surface area contributed by atoms with E-state index in [1.807, 2.05) is 18.2 Å². The number of carbonyl (C=O) groups excluding carboxylic acids is 1. The average molecular weight is 363 g/mol. The molecule has 0 bridgehead atoms. The van der Waals surface area contributed by atoms with Crippen LogP contribution >= 0.6 is 0 Å². The molecule has 1 aliphatic heterocycles. The summed E-state index contributed by atoms with van der Waals surface area (Å²) >= 11 is 0. The molecule has 1 aliphatic rings. The Morgan fingerprint density at radius 3 is 2.58 bits per heavy atom. The molecule has 5 nitrogen and oxygen atoms in total. The number of hydrogen-bond donors (Lipinski definition) is 0. The summed E-state index contributed by atoms with van der Waals surface area (Å²) in [6.45, 7) is 2.92. The summed E-state index contributed by atoms with van der Waals surface area (Å²) < 4.78 is 42.6. The summed E-state index contributed by atoms with van der Waals surface area (Å²) in [6, 6.07) is 8.66. The van der Waals surface area contributed by atoms with Crippen LogP contribution in [0.2, 0.25) is 0 Å². The molecule has 1 atom stereocenters. The van der Waals surface area contributed by atoms with Crippen molar-refractivity contribution in [3.05, 3.63) is 53.6 Å². The second-order valence-corrected chi connectivity index (χ2v) is 6.01. The SMILES string of the molecule is CC(Oc1ccc(F)c(F)c1)C(=O)N(C)Cc1ccc2c(c1)OCCO2. The van der Waals surface area contributed by atoms with E-state index in [1.165, 1.54) is 11.0 Å². The number of benzene rings is 2. The third-order valence-electron chi connectivity index (χ3n) is 3.95. The Balaban J connectivity index is 1.62. The maximum Gasteiger partial charge on any atom is 0.263 e. The topological polar surface area (TPSA) is 48.0 Å². The highest BCUT2D eigenvalue weighted by atomic mass is 19.2. The first-order valence-corrected chi connectivity index (χ1v) is 8.19. The molecule has 0 saturated carbocycles. The summed E-state index contributed by atoms with van der Waals surface area (Å²) in [7, 11) is 1.64. The molecule has 7 heteroatoms. The van der Waals surface area contributed by atoms with Gasteiger partial charge in [-0.1, -0.05) is 6.07 Å². The van der Waals surface area contributed by atoms with Gasteiger partial charge in [0.2, 0.25) is 0 Å². The van der Waals surface area contributed by atoms with Crippen molar-refractivity contribution in [2.45, 2.75) is 19.6 Å². The van der Waals surface area contributed by atoms with E-state index in [4.69, 9.17) is 14.2 Å². The minimum Gasteiger partial charge on any atom is -0.486 e. The minimum absolute atomic E-state index is 0.0949. The first kappa shape index (κ1) is 18.0. The van der Waals surface area contributed by atoms with E-state index in [1.54, 1.807) is 14.0 Å². The Bertz CT molecular complexity index is 812. The lowest BCUT2D eigenvalue weighted by atomic mass is 10.1.